The number of carbonyl (C=O) groups is 1. The average molecular weight is 405 g/mol. The molecule has 152 valence electrons. The van der Waals surface area contributed by atoms with Crippen molar-refractivity contribution in [1.29, 1.82) is 0 Å². The van der Waals surface area contributed by atoms with Crippen molar-refractivity contribution in [2.45, 2.75) is 44.6 Å². The molecule has 0 saturated carbocycles. The third-order valence-electron chi connectivity index (χ3n) is 4.79. The minimum Gasteiger partial charge on any atom is -0.483 e. The van der Waals surface area contributed by atoms with Crippen molar-refractivity contribution < 1.29 is 17.9 Å². The number of amides is 1. The topological polar surface area (TPSA) is 89.7 Å². The van der Waals surface area contributed by atoms with Crippen LogP contribution in [0.3, 0.4) is 0 Å². The van der Waals surface area contributed by atoms with Crippen molar-refractivity contribution in [1.82, 2.24) is 4.90 Å². The van der Waals surface area contributed by atoms with Crippen LogP contribution in [-0.4, -0.2) is 32.9 Å². The molecule has 0 fully saturated rings. The molecule has 7 heteroatoms. The van der Waals surface area contributed by atoms with Crippen molar-refractivity contribution in [3.8, 4) is 5.75 Å². The number of hydrogen-bond acceptors (Lipinski definition) is 4. The second kappa shape index (κ2) is 8.75. The molecule has 6 nitrogen and oxygen atoms in total. The summed E-state index contributed by atoms with van der Waals surface area (Å²) in [5, 5.41) is 5.20. The van der Waals surface area contributed by atoms with Gasteiger partial charge in [0.25, 0.3) is 5.91 Å². The van der Waals surface area contributed by atoms with E-state index in [2.05, 4.69) is 13.8 Å². The summed E-state index contributed by atoms with van der Waals surface area (Å²) >= 11 is 0. The average Bonchev–Trinajstić information content (AvgIpc) is 2.64. The molecule has 0 radical (unpaired) electrons. The highest BCUT2D eigenvalue weighted by molar-refractivity contribution is 7.89. The van der Waals surface area contributed by atoms with Crippen molar-refractivity contribution >= 4 is 15.9 Å². The molecule has 0 aliphatic carbocycles. The third kappa shape index (κ3) is 5.33. The molecule has 1 atom stereocenters. The van der Waals surface area contributed by atoms with Crippen molar-refractivity contribution in [3.63, 3.8) is 0 Å². The molecule has 0 aliphatic heterocycles. The van der Waals surface area contributed by atoms with Gasteiger partial charge in [-0.1, -0.05) is 38.1 Å². The Morgan fingerprint density at radius 1 is 1.14 bits per heavy atom. The third-order valence-corrected chi connectivity index (χ3v) is 5.70. The smallest absolute Gasteiger partial charge is 0.260 e. The van der Waals surface area contributed by atoms with Crippen LogP contribution in [0.15, 0.2) is 47.4 Å². The first-order chi connectivity index (χ1) is 13.0. The van der Waals surface area contributed by atoms with Gasteiger partial charge >= 0.3 is 0 Å². The summed E-state index contributed by atoms with van der Waals surface area (Å²) < 4.78 is 28.9. The van der Waals surface area contributed by atoms with Gasteiger partial charge in [-0.25, -0.2) is 13.6 Å². The van der Waals surface area contributed by atoms with Crippen LogP contribution < -0.4 is 9.88 Å². The van der Waals surface area contributed by atoms with Crippen LogP contribution in [-0.2, 0) is 14.8 Å². The van der Waals surface area contributed by atoms with Crippen LogP contribution in [0.1, 0.15) is 49.4 Å². The van der Waals surface area contributed by atoms with E-state index in [9.17, 15) is 13.2 Å². The molecule has 1 unspecified atom stereocenters. The lowest BCUT2D eigenvalue weighted by Crippen LogP contribution is -2.33. The van der Waals surface area contributed by atoms with Crippen LogP contribution >= 0.6 is 0 Å². The second-order valence-corrected chi connectivity index (χ2v) is 8.84. The Morgan fingerprint density at radius 3 is 2.43 bits per heavy atom. The van der Waals surface area contributed by atoms with Crippen molar-refractivity contribution in [3.05, 3.63) is 59.2 Å². The number of nitrogens with two attached hydrogens (primary N) is 1. The molecular weight excluding hydrogens is 376 g/mol. The van der Waals surface area contributed by atoms with Gasteiger partial charge in [0.15, 0.2) is 6.61 Å². The predicted octanol–water partition coefficient (Wildman–Crippen LogP) is 3.36. The first kappa shape index (κ1) is 21.9. The highest BCUT2D eigenvalue weighted by Crippen LogP contribution is 2.28. The zero-order chi connectivity index (χ0) is 21.1. The SMILES string of the molecule is Cc1ccc(C(C)C)c(OCC(=O)N(C)C(C)c2cccc(S(N)(=O)=O)c2)c1. The van der Waals surface area contributed by atoms with E-state index in [0.29, 0.717) is 11.3 Å². The summed E-state index contributed by atoms with van der Waals surface area (Å²) in [5.41, 5.74) is 2.80. The molecule has 2 N–H and O–H groups in total. The molecule has 2 rings (SSSR count). The van der Waals surface area contributed by atoms with E-state index < -0.39 is 10.0 Å². The fraction of sp³-hybridized carbons (Fsp3) is 0.381. The fourth-order valence-corrected chi connectivity index (χ4v) is 3.44. The highest BCUT2D eigenvalue weighted by Gasteiger charge is 2.20. The molecule has 0 saturated heterocycles. The maximum atomic E-state index is 12.6. The molecule has 0 spiro atoms. The van der Waals surface area contributed by atoms with Gasteiger partial charge in [0.05, 0.1) is 10.9 Å². The number of hydrogen-bond donors (Lipinski definition) is 1. The van der Waals surface area contributed by atoms with Crippen molar-refractivity contribution in [2.75, 3.05) is 13.7 Å². The maximum Gasteiger partial charge on any atom is 0.260 e. The molecule has 0 aromatic heterocycles. The molecule has 2 aromatic rings. The lowest BCUT2D eigenvalue weighted by Gasteiger charge is -2.26. The number of primary sulfonamides is 1. The van der Waals surface area contributed by atoms with Gasteiger partial charge in [0.2, 0.25) is 10.0 Å². The number of sulfonamides is 1. The Hall–Kier alpha value is -2.38. The predicted molar refractivity (Wildman–Crippen MR) is 110 cm³/mol. The van der Waals surface area contributed by atoms with Gasteiger partial charge in [-0.05, 0) is 54.7 Å². The van der Waals surface area contributed by atoms with E-state index in [4.69, 9.17) is 9.88 Å². The van der Waals surface area contributed by atoms with Gasteiger partial charge in [-0.3, -0.25) is 4.79 Å². The van der Waals surface area contributed by atoms with E-state index in [1.807, 2.05) is 32.0 Å². The summed E-state index contributed by atoms with van der Waals surface area (Å²) in [6.45, 7) is 7.86. The largest absolute Gasteiger partial charge is 0.483 e. The molecule has 1 amide bonds. The first-order valence-electron chi connectivity index (χ1n) is 9.12. The standard InChI is InChI=1S/C21H28N2O4S/c1-14(2)19-10-9-15(3)11-20(19)27-13-21(24)23(5)16(4)17-7-6-8-18(12-17)28(22,25)26/h6-12,14,16H,13H2,1-5H3,(H2,22,25,26). The van der Waals surface area contributed by atoms with Gasteiger partial charge in [-0.2, -0.15) is 0 Å². The first-order valence-corrected chi connectivity index (χ1v) is 10.7. The van der Waals surface area contributed by atoms with Crippen LogP contribution in [0.2, 0.25) is 0 Å². The van der Waals surface area contributed by atoms with Crippen LogP contribution in [0.5, 0.6) is 5.75 Å². The Labute approximate surface area is 167 Å². The summed E-state index contributed by atoms with van der Waals surface area (Å²) in [6.07, 6.45) is 0. The summed E-state index contributed by atoms with van der Waals surface area (Å²) in [5.74, 6) is 0.786. The van der Waals surface area contributed by atoms with Gasteiger partial charge in [-0.15, -0.1) is 0 Å². The van der Waals surface area contributed by atoms with E-state index in [-0.39, 0.29) is 29.4 Å². The second-order valence-electron chi connectivity index (χ2n) is 7.28. The van der Waals surface area contributed by atoms with Gasteiger partial charge in [0, 0.05) is 7.05 Å². The highest BCUT2D eigenvalue weighted by atomic mass is 32.2. The van der Waals surface area contributed by atoms with E-state index in [1.165, 1.54) is 17.0 Å². The summed E-state index contributed by atoms with van der Waals surface area (Å²) in [6, 6.07) is 11.9. The number of aryl methyl sites for hydroxylation is 1. The summed E-state index contributed by atoms with van der Waals surface area (Å²) in [7, 11) is -2.13. The van der Waals surface area contributed by atoms with Crippen LogP contribution in [0, 0.1) is 6.92 Å². The van der Waals surface area contributed by atoms with E-state index in [1.54, 1.807) is 19.2 Å². The number of likely N-dealkylation sites (N-methyl/N-ethyl adjacent to an activating group) is 1. The Morgan fingerprint density at radius 2 is 1.82 bits per heavy atom. The van der Waals surface area contributed by atoms with Crippen LogP contribution in [0.25, 0.3) is 0 Å². The van der Waals surface area contributed by atoms with Crippen LogP contribution in [0.4, 0.5) is 0 Å². The fourth-order valence-electron chi connectivity index (χ4n) is 2.88. The zero-order valence-electron chi connectivity index (χ0n) is 17.0. The zero-order valence-corrected chi connectivity index (χ0v) is 17.8. The molecule has 0 bridgehead atoms. The minimum absolute atomic E-state index is 0.0234. The number of benzene rings is 2. The van der Waals surface area contributed by atoms with Crippen molar-refractivity contribution in [2.24, 2.45) is 5.14 Å². The Bertz CT molecular complexity index is 955. The lowest BCUT2D eigenvalue weighted by atomic mass is 10.0. The van der Waals surface area contributed by atoms with Gasteiger partial charge in [0.1, 0.15) is 5.75 Å². The Balaban J connectivity index is 2.12. The monoisotopic (exact) mass is 404 g/mol. The molecule has 0 heterocycles. The molecule has 0 aliphatic rings. The Kier molecular flexibility index (Phi) is 6.85. The minimum atomic E-state index is -3.80. The molecule has 2 aromatic carbocycles. The normalized spacial score (nSPS) is 12.7. The van der Waals surface area contributed by atoms with E-state index in [0.717, 1.165) is 11.1 Å². The number of carbonyl (C=O) groups excluding carboxylic acids is 1. The summed E-state index contributed by atoms with van der Waals surface area (Å²) in [4.78, 5) is 14.2. The number of rotatable bonds is 7. The lowest BCUT2D eigenvalue weighted by molar-refractivity contribution is -0.134. The quantitative estimate of drug-likeness (QED) is 0.766. The van der Waals surface area contributed by atoms with E-state index >= 15 is 0 Å². The number of nitrogens with zero attached hydrogens (tertiary/aromatic N) is 1. The molecular formula is C21H28N2O4S. The maximum absolute atomic E-state index is 12.6. The van der Waals surface area contributed by atoms with Gasteiger partial charge < -0.3 is 9.64 Å². The number of ether oxygens (including phenoxy) is 1. The molecule has 28 heavy (non-hydrogen) atoms.